The van der Waals surface area contributed by atoms with Gasteiger partial charge in [0.25, 0.3) is 0 Å². The van der Waals surface area contributed by atoms with Crippen LogP contribution in [0.3, 0.4) is 0 Å². The molecule has 0 unspecified atom stereocenters. The third-order valence-corrected chi connectivity index (χ3v) is 6.15. The molecule has 4 heterocycles. The Morgan fingerprint density at radius 1 is 1.15 bits per heavy atom. The van der Waals surface area contributed by atoms with Gasteiger partial charge in [0, 0.05) is 45.1 Å². The van der Waals surface area contributed by atoms with Crippen molar-refractivity contribution in [2.45, 2.75) is 44.3 Å². The molecule has 1 aromatic rings. The number of nitrogens with zero attached hydrogens (tertiary/aromatic N) is 3. The molecule has 3 fully saturated rings. The highest BCUT2D eigenvalue weighted by Crippen LogP contribution is 2.42. The Morgan fingerprint density at radius 3 is 2.59 bits per heavy atom. The lowest BCUT2D eigenvalue weighted by molar-refractivity contribution is -0.140. The second kappa shape index (κ2) is 6.96. The van der Waals surface area contributed by atoms with E-state index in [4.69, 9.17) is 4.74 Å². The van der Waals surface area contributed by atoms with Gasteiger partial charge in [-0.05, 0) is 44.2 Å². The molecule has 0 aliphatic carbocycles. The SMILES string of the molecule is O=C1N(C2CCOCC2)CC[C@]12CCCN(c1ccc(C(F)(F)F)cn1)C2. The number of anilines is 1. The van der Waals surface area contributed by atoms with Gasteiger partial charge in [0.2, 0.25) is 5.91 Å². The maximum Gasteiger partial charge on any atom is 0.417 e. The highest BCUT2D eigenvalue weighted by molar-refractivity contribution is 5.86. The molecular weight excluding hydrogens is 359 g/mol. The van der Waals surface area contributed by atoms with E-state index in [0.717, 1.165) is 50.9 Å². The lowest BCUT2D eigenvalue weighted by atomic mass is 9.78. The van der Waals surface area contributed by atoms with Crippen LogP contribution in [0.5, 0.6) is 0 Å². The summed E-state index contributed by atoms with van der Waals surface area (Å²) in [7, 11) is 0. The summed E-state index contributed by atoms with van der Waals surface area (Å²) >= 11 is 0. The van der Waals surface area contributed by atoms with E-state index < -0.39 is 17.2 Å². The molecule has 0 radical (unpaired) electrons. The minimum atomic E-state index is -4.39. The maximum absolute atomic E-state index is 13.2. The lowest BCUT2D eigenvalue weighted by Gasteiger charge is -2.40. The normalized spacial score (nSPS) is 27.6. The van der Waals surface area contributed by atoms with Crippen LogP contribution in [0.4, 0.5) is 19.0 Å². The number of hydrogen-bond acceptors (Lipinski definition) is 4. The van der Waals surface area contributed by atoms with E-state index in [1.54, 1.807) is 0 Å². The third-order valence-electron chi connectivity index (χ3n) is 6.15. The first-order chi connectivity index (χ1) is 12.9. The van der Waals surface area contributed by atoms with E-state index in [1.807, 2.05) is 9.80 Å². The van der Waals surface area contributed by atoms with E-state index in [2.05, 4.69) is 4.98 Å². The second-order valence-electron chi connectivity index (χ2n) is 7.80. The molecule has 148 valence electrons. The third kappa shape index (κ3) is 3.51. The summed E-state index contributed by atoms with van der Waals surface area (Å²) in [5, 5.41) is 0. The van der Waals surface area contributed by atoms with Crippen molar-refractivity contribution >= 4 is 11.7 Å². The van der Waals surface area contributed by atoms with Crippen LogP contribution < -0.4 is 4.90 Å². The van der Waals surface area contributed by atoms with Crippen molar-refractivity contribution in [1.29, 1.82) is 0 Å². The summed E-state index contributed by atoms with van der Waals surface area (Å²) in [5.74, 6) is 0.713. The van der Waals surface area contributed by atoms with Gasteiger partial charge in [-0.1, -0.05) is 0 Å². The van der Waals surface area contributed by atoms with E-state index >= 15 is 0 Å². The number of carbonyl (C=O) groups is 1. The van der Waals surface area contributed by atoms with Gasteiger partial charge < -0.3 is 14.5 Å². The molecular formula is C19H24F3N3O2. The Hall–Kier alpha value is -1.83. The topological polar surface area (TPSA) is 45.7 Å². The molecule has 3 saturated heterocycles. The van der Waals surface area contributed by atoms with Crippen LogP contribution in [0.15, 0.2) is 18.3 Å². The molecule has 1 spiro atoms. The van der Waals surface area contributed by atoms with Crippen LogP contribution >= 0.6 is 0 Å². The van der Waals surface area contributed by atoms with Crippen LogP contribution in [0.25, 0.3) is 0 Å². The number of halogens is 3. The first-order valence-corrected chi connectivity index (χ1v) is 9.56. The monoisotopic (exact) mass is 383 g/mol. The van der Waals surface area contributed by atoms with E-state index in [9.17, 15) is 18.0 Å². The van der Waals surface area contributed by atoms with Gasteiger partial charge >= 0.3 is 6.18 Å². The summed E-state index contributed by atoms with van der Waals surface area (Å²) in [6, 6.07) is 2.73. The quantitative estimate of drug-likeness (QED) is 0.787. The van der Waals surface area contributed by atoms with Crippen molar-refractivity contribution in [3.05, 3.63) is 23.9 Å². The summed E-state index contributed by atoms with van der Waals surface area (Å²) in [4.78, 5) is 21.2. The predicted octanol–water partition coefficient (Wildman–Crippen LogP) is 3.10. The number of amides is 1. The first-order valence-electron chi connectivity index (χ1n) is 9.56. The van der Waals surface area contributed by atoms with Crippen LogP contribution in [-0.2, 0) is 15.7 Å². The Morgan fingerprint density at radius 2 is 1.93 bits per heavy atom. The van der Waals surface area contributed by atoms with Gasteiger partial charge in [0.1, 0.15) is 5.82 Å². The average Bonchev–Trinajstić information content (AvgIpc) is 2.98. The van der Waals surface area contributed by atoms with E-state index in [0.29, 0.717) is 32.1 Å². The number of piperidine rings is 1. The first kappa shape index (κ1) is 18.5. The van der Waals surface area contributed by atoms with Crippen LogP contribution in [0.1, 0.15) is 37.7 Å². The molecule has 1 aromatic heterocycles. The summed E-state index contributed by atoms with van der Waals surface area (Å²) in [6.07, 6.45) is 0.735. The molecule has 1 amide bonds. The Balaban J connectivity index is 1.48. The largest absolute Gasteiger partial charge is 0.417 e. The molecule has 0 saturated carbocycles. The molecule has 5 nitrogen and oxygen atoms in total. The van der Waals surface area contributed by atoms with Crippen LogP contribution in [0.2, 0.25) is 0 Å². The molecule has 0 N–H and O–H groups in total. The number of carbonyl (C=O) groups excluding carboxylic acids is 1. The van der Waals surface area contributed by atoms with Crippen molar-refractivity contribution in [3.63, 3.8) is 0 Å². The standard InChI is InChI=1S/C19H24F3N3O2/c20-19(21,22)14-2-3-16(23-12-14)24-8-1-6-18(13-24)7-9-25(17(18)26)15-4-10-27-11-5-15/h2-3,12,15H,1,4-11,13H2/t18-/m0/s1. The van der Waals surface area contributed by atoms with Crippen molar-refractivity contribution in [2.75, 3.05) is 37.7 Å². The minimum Gasteiger partial charge on any atom is -0.381 e. The summed E-state index contributed by atoms with van der Waals surface area (Å²) in [6.45, 7) is 3.40. The minimum absolute atomic E-state index is 0.200. The van der Waals surface area contributed by atoms with Crippen molar-refractivity contribution in [2.24, 2.45) is 5.41 Å². The molecule has 8 heteroatoms. The fourth-order valence-electron chi connectivity index (χ4n) is 4.64. The Kier molecular flexibility index (Phi) is 4.78. The van der Waals surface area contributed by atoms with Crippen LogP contribution in [0, 0.1) is 5.41 Å². The second-order valence-corrected chi connectivity index (χ2v) is 7.80. The number of likely N-dealkylation sites (tertiary alicyclic amines) is 1. The molecule has 3 aliphatic rings. The molecule has 4 rings (SSSR count). The van der Waals surface area contributed by atoms with Gasteiger partial charge in [-0.3, -0.25) is 4.79 Å². The summed E-state index contributed by atoms with van der Waals surface area (Å²) in [5.41, 5.74) is -1.18. The zero-order valence-electron chi connectivity index (χ0n) is 15.2. The van der Waals surface area contributed by atoms with E-state index in [1.165, 1.54) is 6.07 Å². The van der Waals surface area contributed by atoms with Crippen molar-refractivity contribution in [1.82, 2.24) is 9.88 Å². The lowest BCUT2D eigenvalue weighted by Crippen LogP contribution is -2.50. The van der Waals surface area contributed by atoms with Gasteiger partial charge in [-0.2, -0.15) is 13.2 Å². The molecule has 3 aliphatic heterocycles. The Bertz CT molecular complexity index is 688. The van der Waals surface area contributed by atoms with Gasteiger partial charge in [-0.15, -0.1) is 0 Å². The zero-order valence-corrected chi connectivity index (χ0v) is 15.2. The predicted molar refractivity (Wildman–Crippen MR) is 93.3 cm³/mol. The zero-order chi connectivity index (χ0) is 19.1. The number of pyridine rings is 1. The van der Waals surface area contributed by atoms with Gasteiger partial charge in [-0.25, -0.2) is 4.98 Å². The highest BCUT2D eigenvalue weighted by atomic mass is 19.4. The smallest absolute Gasteiger partial charge is 0.381 e. The van der Waals surface area contributed by atoms with Crippen molar-refractivity contribution in [3.8, 4) is 0 Å². The van der Waals surface area contributed by atoms with Gasteiger partial charge in [0.15, 0.2) is 0 Å². The fraction of sp³-hybridized carbons (Fsp3) is 0.684. The number of ether oxygens (including phenoxy) is 1. The number of aromatic nitrogens is 1. The summed E-state index contributed by atoms with van der Waals surface area (Å²) < 4.78 is 43.7. The average molecular weight is 383 g/mol. The molecule has 1 atom stereocenters. The Labute approximate surface area is 156 Å². The fourth-order valence-corrected chi connectivity index (χ4v) is 4.64. The van der Waals surface area contributed by atoms with E-state index in [-0.39, 0.29) is 11.9 Å². The number of alkyl halides is 3. The number of rotatable bonds is 2. The molecule has 0 bridgehead atoms. The maximum atomic E-state index is 13.2. The van der Waals surface area contributed by atoms with Crippen LogP contribution in [-0.4, -0.2) is 54.7 Å². The molecule has 0 aromatic carbocycles. The highest BCUT2D eigenvalue weighted by Gasteiger charge is 2.50. The van der Waals surface area contributed by atoms with Crippen molar-refractivity contribution < 1.29 is 22.7 Å². The molecule has 27 heavy (non-hydrogen) atoms. The van der Waals surface area contributed by atoms with Gasteiger partial charge in [0.05, 0.1) is 11.0 Å². The number of hydrogen-bond donors (Lipinski definition) is 0.